The summed E-state index contributed by atoms with van der Waals surface area (Å²) >= 11 is 0. The largest absolute Gasteiger partial charge is 0.491 e. The van der Waals surface area contributed by atoms with E-state index >= 15 is 0 Å². The number of aliphatic hydroxyl groups excluding tert-OH is 1. The second-order valence-electron chi connectivity index (χ2n) is 5.87. The number of aromatic nitrogens is 1. The van der Waals surface area contributed by atoms with Crippen LogP contribution in [0.5, 0.6) is 5.75 Å². The lowest BCUT2D eigenvalue weighted by Gasteiger charge is -2.14. The number of hydrogen-bond acceptors (Lipinski definition) is 4. The van der Waals surface area contributed by atoms with E-state index in [9.17, 15) is 19.1 Å². The lowest BCUT2D eigenvalue weighted by atomic mass is 10.1. The smallest absolute Gasteiger partial charge is 0.319 e. The number of amides is 2. The quantitative estimate of drug-likeness (QED) is 0.533. The third kappa shape index (κ3) is 5.05. The van der Waals surface area contributed by atoms with Crippen LogP contribution in [0.4, 0.5) is 14.9 Å². The summed E-state index contributed by atoms with van der Waals surface area (Å²) in [6, 6.07) is 11.7. The van der Waals surface area contributed by atoms with Gasteiger partial charge in [-0.05, 0) is 41.8 Å². The highest BCUT2D eigenvalue weighted by molar-refractivity contribution is 5.93. The third-order valence-electron chi connectivity index (χ3n) is 3.77. The van der Waals surface area contributed by atoms with Gasteiger partial charge in [-0.3, -0.25) is 4.79 Å². The predicted molar refractivity (Wildman–Crippen MR) is 99.5 cm³/mol. The molecule has 0 bridgehead atoms. The van der Waals surface area contributed by atoms with E-state index < -0.39 is 18.0 Å². The number of nitrogens with one attached hydrogen (secondary N) is 3. The average Bonchev–Trinajstić information content (AvgIpc) is 2.65. The van der Waals surface area contributed by atoms with Crippen LogP contribution in [0.25, 0.3) is 10.8 Å². The minimum atomic E-state index is -0.964. The van der Waals surface area contributed by atoms with Crippen LogP contribution in [0.1, 0.15) is 0 Å². The first-order valence-corrected chi connectivity index (χ1v) is 8.24. The number of benzene rings is 2. The van der Waals surface area contributed by atoms with E-state index in [-0.39, 0.29) is 18.7 Å². The van der Waals surface area contributed by atoms with E-state index in [1.54, 1.807) is 30.3 Å². The van der Waals surface area contributed by atoms with Gasteiger partial charge in [-0.2, -0.15) is 0 Å². The number of aromatic amines is 1. The van der Waals surface area contributed by atoms with E-state index in [4.69, 9.17) is 4.74 Å². The average molecular weight is 371 g/mol. The first-order valence-electron chi connectivity index (χ1n) is 8.24. The molecular formula is C19H18FN3O4. The molecule has 1 aromatic heterocycles. The summed E-state index contributed by atoms with van der Waals surface area (Å²) in [5.41, 5.74) is 0.307. The van der Waals surface area contributed by atoms with Crippen LogP contribution in [0.3, 0.4) is 0 Å². The Balaban J connectivity index is 1.48. The Morgan fingerprint density at radius 2 is 2.07 bits per heavy atom. The normalized spacial score (nSPS) is 11.8. The monoisotopic (exact) mass is 371 g/mol. The van der Waals surface area contributed by atoms with Gasteiger partial charge in [0.2, 0.25) is 0 Å². The molecule has 0 aliphatic heterocycles. The molecule has 0 aliphatic carbocycles. The van der Waals surface area contributed by atoms with Crippen molar-refractivity contribution in [2.45, 2.75) is 6.10 Å². The Morgan fingerprint density at radius 3 is 2.89 bits per heavy atom. The zero-order chi connectivity index (χ0) is 19.2. The molecule has 7 nitrogen and oxygen atoms in total. The number of halogens is 1. The Morgan fingerprint density at radius 1 is 1.22 bits per heavy atom. The molecule has 3 rings (SSSR count). The number of H-pyrrole nitrogens is 1. The van der Waals surface area contributed by atoms with Crippen molar-refractivity contribution in [1.82, 2.24) is 10.3 Å². The maximum Gasteiger partial charge on any atom is 0.319 e. The SMILES string of the molecule is O=C(NCC(O)COc1cccc(F)c1)Nc1ccc2c(=O)[nH]ccc2c1. The number of carbonyl (C=O) groups is 1. The fourth-order valence-corrected chi connectivity index (χ4v) is 2.46. The highest BCUT2D eigenvalue weighted by Crippen LogP contribution is 2.15. The van der Waals surface area contributed by atoms with Crippen LogP contribution in [-0.4, -0.2) is 35.4 Å². The topological polar surface area (TPSA) is 103 Å². The number of urea groups is 1. The zero-order valence-electron chi connectivity index (χ0n) is 14.2. The van der Waals surface area contributed by atoms with Crippen molar-refractivity contribution in [1.29, 1.82) is 0 Å². The molecule has 140 valence electrons. The van der Waals surface area contributed by atoms with Gasteiger partial charge in [-0.15, -0.1) is 0 Å². The molecule has 1 heterocycles. The summed E-state index contributed by atoms with van der Waals surface area (Å²) < 4.78 is 18.3. The molecule has 0 fully saturated rings. The van der Waals surface area contributed by atoms with Crippen molar-refractivity contribution < 1.29 is 19.0 Å². The number of ether oxygens (including phenoxy) is 1. The molecule has 0 aliphatic rings. The van der Waals surface area contributed by atoms with Gasteiger partial charge in [0.1, 0.15) is 24.3 Å². The molecule has 0 saturated carbocycles. The number of pyridine rings is 1. The predicted octanol–water partition coefficient (Wildman–Crippen LogP) is 2.23. The molecule has 1 atom stereocenters. The number of fused-ring (bicyclic) bond motifs is 1. The summed E-state index contributed by atoms with van der Waals surface area (Å²) in [6.07, 6.45) is 0.568. The molecule has 27 heavy (non-hydrogen) atoms. The van der Waals surface area contributed by atoms with E-state index in [2.05, 4.69) is 15.6 Å². The van der Waals surface area contributed by atoms with Crippen LogP contribution in [0, 0.1) is 5.82 Å². The van der Waals surface area contributed by atoms with E-state index in [0.717, 1.165) is 0 Å². The molecule has 4 N–H and O–H groups in total. The molecule has 8 heteroatoms. The maximum atomic E-state index is 13.0. The van der Waals surface area contributed by atoms with Gasteiger partial charge in [0.15, 0.2) is 0 Å². The van der Waals surface area contributed by atoms with Crippen LogP contribution >= 0.6 is 0 Å². The van der Waals surface area contributed by atoms with Gasteiger partial charge in [0, 0.05) is 29.9 Å². The molecule has 0 saturated heterocycles. The molecular weight excluding hydrogens is 353 g/mol. The number of anilines is 1. The van der Waals surface area contributed by atoms with Crippen LogP contribution in [0.15, 0.2) is 59.5 Å². The first kappa shape index (κ1) is 18.4. The minimum Gasteiger partial charge on any atom is -0.491 e. The third-order valence-corrected chi connectivity index (χ3v) is 3.77. The number of carbonyl (C=O) groups excluding carboxylic acids is 1. The Kier molecular flexibility index (Phi) is 5.68. The molecule has 1 unspecified atom stereocenters. The molecule has 3 aromatic rings. The van der Waals surface area contributed by atoms with Crippen molar-refractivity contribution in [2.24, 2.45) is 0 Å². The van der Waals surface area contributed by atoms with E-state index in [0.29, 0.717) is 22.2 Å². The molecule has 0 spiro atoms. The van der Waals surface area contributed by atoms with Crippen LogP contribution < -0.4 is 20.9 Å². The van der Waals surface area contributed by atoms with Gasteiger partial charge in [0.05, 0.1) is 0 Å². The summed E-state index contributed by atoms with van der Waals surface area (Å²) in [4.78, 5) is 26.2. The second kappa shape index (κ2) is 8.33. The van der Waals surface area contributed by atoms with Crippen molar-refractivity contribution in [2.75, 3.05) is 18.5 Å². The van der Waals surface area contributed by atoms with Gasteiger partial charge in [-0.25, -0.2) is 9.18 Å². The summed E-state index contributed by atoms with van der Waals surface area (Å²) in [5.74, 6) is -0.137. The van der Waals surface area contributed by atoms with Gasteiger partial charge < -0.3 is 25.5 Å². The van der Waals surface area contributed by atoms with Gasteiger partial charge >= 0.3 is 6.03 Å². The highest BCUT2D eigenvalue weighted by atomic mass is 19.1. The lowest BCUT2D eigenvalue weighted by Crippen LogP contribution is -2.37. The lowest BCUT2D eigenvalue weighted by molar-refractivity contribution is 0.108. The Hall–Kier alpha value is -3.39. The van der Waals surface area contributed by atoms with Crippen LogP contribution in [0.2, 0.25) is 0 Å². The molecule has 2 aromatic carbocycles. The Labute approximate surface area is 153 Å². The molecule has 2 amide bonds. The van der Waals surface area contributed by atoms with Crippen molar-refractivity contribution in [3.8, 4) is 5.75 Å². The fourth-order valence-electron chi connectivity index (χ4n) is 2.46. The Bertz CT molecular complexity index is 1010. The summed E-state index contributed by atoms with van der Waals surface area (Å²) in [7, 11) is 0. The van der Waals surface area contributed by atoms with E-state index in [1.807, 2.05) is 0 Å². The summed E-state index contributed by atoms with van der Waals surface area (Å²) in [6.45, 7) is -0.142. The van der Waals surface area contributed by atoms with Crippen molar-refractivity contribution in [3.63, 3.8) is 0 Å². The number of aliphatic hydroxyl groups is 1. The first-order chi connectivity index (χ1) is 13.0. The summed E-state index contributed by atoms with van der Waals surface area (Å²) in [5, 5.41) is 16.2. The zero-order valence-corrected chi connectivity index (χ0v) is 14.2. The van der Waals surface area contributed by atoms with Gasteiger partial charge in [0.25, 0.3) is 5.56 Å². The number of hydrogen-bond donors (Lipinski definition) is 4. The highest BCUT2D eigenvalue weighted by Gasteiger charge is 2.09. The van der Waals surface area contributed by atoms with Crippen molar-refractivity contribution >= 4 is 22.5 Å². The molecule has 0 radical (unpaired) electrons. The van der Waals surface area contributed by atoms with E-state index in [1.165, 1.54) is 24.4 Å². The maximum absolute atomic E-state index is 13.0. The minimum absolute atomic E-state index is 0.0472. The van der Waals surface area contributed by atoms with Crippen LogP contribution in [-0.2, 0) is 0 Å². The van der Waals surface area contributed by atoms with Crippen molar-refractivity contribution in [3.05, 3.63) is 70.9 Å². The standard InChI is InChI=1S/C19H18FN3O4/c20-13-2-1-3-16(9-13)27-11-15(24)10-22-19(26)23-14-4-5-17-12(8-14)6-7-21-18(17)25/h1-9,15,24H,10-11H2,(H,21,25)(H2,22,23,26). The van der Waals surface area contributed by atoms with Gasteiger partial charge in [-0.1, -0.05) is 6.07 Å². The number of rotatable bonds is 6. The second-order valence-corrected chi connectivity index (χ2v) is 5.87. The fraction of sp³-hybridized carbons (Fsp3) is 0.158.